The van der Waals surface area contributed by atoms with Crippen LogP contribution in [0.25, 0.3) is 0 Å². The SMILES string of the molecule is CC(C)[Si](C(C)C)(C(C)C)C1C=CC2C=CC=C21. The Morgan fingerprint density at radius 1 is 0.833 bits per heavy atom. The zero-order valence-corrected chi connectivity index (χ0v) is 13.8. The fourth-order valence-corrected chi connectivity index (χ4v) is 12.3. The van der Waals surface area contributed by atoms with Gasteiger partial charge < -0.3 is 0 Å². The lowest BCUT2D eigenvalue weighted by atomic mass is 10.1. The Hall–Kier alpha value is -0.563. The van der Waals surface area contributed by atoms with E-state index in [1.54, 1.807) is 5.57 Å². The van der Waals surface area contributed by atoms with Gasteiger partial charge >= 0.3 is 0 Å². The molecule has 0 fully saturated rings. The van der Waals surface area contributed by atoms with Crippen LogP contribution in [0.1, 0.15) is 41.5 Å². The van der Waals surface area contributed by atoms with Crippen molar-refractivity contribution in [3.8, 4) is 0 Å². The molecule has 0 radical (unpaired) electrons. The van der Waals surface area contributed by atoms with E-state index in [4.69, 9.17) is 0 Å². The van der Waals surface area contributed by atoms with Gasteiger partial charge in [0.15, 0.2) is 0 Å². The highest BCUT2D eigenvalue weighted by atomic mass is 28.3. The number of fused-ring (bicyclic) bond motifs is 1. The molecular weight excluding hydrogens is 232 g/mol. The summed E-state index contributed by atoms with van der Waals surface area (Å²) in [7, 11) is -1.38. The molecule has 0 nitrogen and oxygen atoms in total. The molecule has 0 saturated carbocycles. The lowest BCUT2D eigenvalue weighted by Crippen LogP contribution is -2.48. The molecule has 0 heterocycles. The first-order valence-corrected chi connectivity index (χ1v) is 9.79. The highest BCUT2D eigenvalue weighted by molar-refractivity contribution is 6.85. The van der Waals surface area contributed by atoms with Crippen molar-refractivity contribution in [3.05, 3.63) is 36.0 Å². The first kappa shape index (κ1) is 13.9. The highest BCUT2D eigenvalue weighted by Gasteiger charge is 2.51. The summed E-state index contributed by atoms with van der Waals surface area (Å²) in [4.78, 5) is 0. The lowest BCUT2D eigenvalue weighted by Gasteiger charge is -2.48. The number of hydrogen-bond acceptors (Lipinski definition) is 0. The monoisotopic (exact) mass is 260 g/mol. The van der Waals surface area contributed by atoms with Crippen molar-refractivity contribution in [2.24, 2.45) is 5.92 Å². The minimum atomic E-state index is -1.38. The molecule has 0 spiro atoms. The van der Waals surface area contributed by atoms with Crippen LogP contribution in [0.5, 0.6) is 0 Å². The zero-order chi connectivity index (χ0) is 13.5. The van der Waals surface area contributed by atoms with Gasteiger partial charge in [-0.2, -0.15) is 0 Å². The predicted octanol–water partition coefficient (Wildman–Crippen LogP) is 5.72. The van der Waals surface area contributed by atoms with E-state index in [0.717, 1.165) is 22.2 Å². The Bertz CT molecular complexity index is 374. The van der Waals surface area contributed by atoms with E-state index in [-0.39, 0.29) is 0 Å². The molecule has 0 aromatic heterocycles. The third kappa shape index (κ3) is 1.79. The Morgan fingerprint density at radius 3 is 1.89 bits per heavy atom. The molecule has 100 valence electrons. The highest BCUT2D eigenvalue weighted by Crippen LogP contribution is 2.56. The van der Waals surface area contributed by atoms with Crippen molar-refractivity contribution in [3.63, 3.8) is 0 Å². The van der Waals surface area contributed by atoms with Crippen molar-refractivity contribution in [1.29, 1.82) is 0 Å². The Kier molecular flexibility index (Phi) is 3.73. The van der Waals surface area contributed by atoms with Crippen LogP contribution >= 0.6 is 0 Å². The fourth-order valence-electron chi connectivity index (χ4n) is 4.87. The van der Waals surface area contributed by atoms with Crippen LogP contribution in [0.15, 0.2) is 36.0 Å². The van der Waals surface area contributed by atoms with Crippen LogP contribution in [-0.2, 0) is 0 Å². The predicted molar refractivity (Wildman–Crippen MR) is 84.7 cm³/mol. The van der Waals surface area contributed by atoms with Crippen molar-refractivity contribution in [2.75, 3.05) is 0 Å². The average molecular weight is 260 g/mol. The molecular formula is C17H28Si. The molecule has 0 aromatic carbocycles. The van der Waals surface area contributed by atoms with Gasteiger partial charge in [0.1, 0.15) is 0 Å². The molecule has 0 amide bonds. The summed E-state index contributed by atoms with van der Waals surface area (Å²) in [5.74, 6) is 0.623. The quantitative estimate of drug-likeness (QED) is 0.448. The second-order valence-corrected chi connectivity index (χ2v) is 13.0. The first-order valence-electron chi connectivity index (χ1n) is 7.48. The lowest BCUT2D eigenvalue weighted by molar-refractivity contribution is 0.777. The number of hydrogen-bond donors (Lipinski definition) is 0. The maximum absolute atomic E-state index is 2.55. The van der Waals surface area contributed by atoms with E-state index in [1.807, 2.05) is 0 Å². The van der Waals surface area contributed by atoms with Gasteiger partial charge in [-0.15, -0.1) is 0 Å². The summed E-state index contributed by atoms with van der Waals surface area (Å²) in [5, 5.41) is 0. The van der Waals surface area contributed by atoms with Crippen molar-refractivity contribution in [1.82, 2.24) is 0 Å². The zero-order valence-electron chi connectivity index (χ0n) is 12.8. The minimum absolute atomic E-state index is 0.623. The van der Waals surface area contributed by atoms with Crippen LogP contribution in [-0.4, -0.2) is 8.07 Å². The minimum Gasteiger partial charge on any atom is -0.0831 e. The molecule has 0 bridgehead atoms. The van der Waals surface area contributed by atoms with E-state index < -0.39 is 8.07 Å². The average Bonchev–Trinajstić information content (AvgIpc) is 2.80. The molecule has 2 atom stereocenters. The fraction of sp³-hybridized carbons (Fsp3) is 0.647. The van der Waals surface area contributed by atoms with Gasteiger partial charge in [-0.25, -0.2) is 0 Å². The summed E-state index contributed by atoms with van der Waals surface area (Å²) in [6, 6.07) is 0. The van der Waals surface area contributed by atoms with E-state index in [9.17, 15) is 0 Å². The topological polar surface area (TPSA) is 0 Å². The molecule has 1 heteroatoms. The second-order valence-electron chi connectivity index (χ2n) is 6.90. The van der Waals surface area contributed by atoms with Gasteiger partial charge in [0.05, 0.1) is 8.07 Å². The molecule has 0 N–H and O–H groups in total. The van der Waals surface area contributed by atoms with Gasteiger partial charge in [-0.1, -0.05) is 77.5 Å². The van der Waals surface area contributed by atoms with Gasteiger partial charge in [-0.3, -0.25) is 0 Å². The number of allylic oxidation sites excluding steroid dienone is 6. The van der Waals surface area contributed by atoms with Crippen molar-refractivity contribution >= 4 is 8.07 Å². The molecule has 0 aromatic rings. The first-order chi connectivity index (χ1) is 8.42. The maximum atomic E-state index is 2.55. The van der Waals surface area contributed by atoms with Gasteiger partial charge in [0, 0.05) is 5.92 Å². The van der Waals surface area contributed by atoms with E-state index >= 15 is 0 Å². The summed E-state index contributed by atoms with van der Waals surface area (Å²) in [5.41, 5.74) is 4.97. The molecule has 2 unspecified atom stereocenters. The van der Waals surface area contributed by atoms with Gasteiger partial charge in [0.2, 0.25) is 0 Å². The molecule has 0 saturated heterocycles. The van der Waals surface area contributed by atoms with E-state index in [0.29, 0.717) is 5.92 Å². The van der Waals surface area contributed by atoms with Crippen LogP contribution in [0.2, 0.25) is 22.2 Å². The molecule has 2 aliphatic carbocycles. The largest absolute Gasteiger partial charge is 0.0831 e. The second kappa shape index (κ2) is 4.84. The van der Waals surface area contributed by atoms with Gasteiger partial charge in [-0.05, 0) is 22.2 Å². The Labute approximate surface area is 114 Å². The molecule has 18 heavy (non-hydrogen) atoms. The van der Waals surface area contributed by atoms with Crippen LogP contribution in [0.3, 0.4) is 0 Å². The van der Waals surface area contributed by atoms with Crippen LogP contribution < -0.4 is 0 Å². The van der Waals surface area contributed by atoms with Crippen molar-refractivity contribution < 1.29 is 0 Å². The summed E-state index contributed by atoms with van der Waals surface area (Å²) in [6.45, 7) is 14.8. The van der Waals surface area contributed by atoms with Crippen LogP contribution in [0, 0.1) is 5.92 Å². The third-order valence-corrected chi connectivity index (χ3v) is 13.0. The van der Waals surface area contributed by atoms with Crippen LogP contribution in [0.4, 0.5) is 0 Å². The standard InChI is InChI=1S/C17H28Si/c1-12(2)18(13(3)4,14(5)6)17-11-10-15-8-7-9-16(15)17/h7-15,17H,1-6H3. The number of rotatable bonds is 4. The summed E-state index contributed by atoms with van der Waals surface area (Å²) >= 11 is 0. The van der Waals surface area contributed by atoms with E-state index in [1.165, 1.54) is 0 Å². The molecule has 0 aliphatic heterocycles. The van der Waals surface area contributed by atoms with E-state index in [2.05, 4.69) is 71.9 Å². The molecule has 2 rings (SSSR count). The normalized spacial score (nSPS) is 26.6. The Balaban J connectivity index is 2.45. The summed E-state index contributed by atoms with van der Waals surface area (Å²) in [6.07, 6.45) is 12.0. The molecule has 2 aliphatic rings. The smallest absolute Gasteiger partial charge is 0.0728 e. The third-order valence-electron chi connectivity index (χ3n) is 5.40. The van der Waals surface area contributed by atoms with Gasteiger partial charge in [0.25, 0.3) is 0 Å². The maximum Gasteiger partial charge on any atom is 0.0728 e. The summed E-state index contributed by atoms with van der Waals surface area (Å²) < 4.78 is 0. The Morgan fingerprint density at radius 2 is 1.39 bits per heavy atom. The van der Waals surface area contributed by atoms with Crippen molar-refractivity contribution in [2.45, 2.75) is 63.7 Å².